The quantitative estimate of drug-likeness (QED) is 0.656. The average Bonchev–Trinajstić information content (AvgIpc) is 2.39. The molecule has 0 spiro atoms. The van der Waals surface area contributed by atoms with Crippen molar-refractivity contribution in [1.82, 2.24) is 5.43 Å². The number of rotatable bonds is 4. The van der Waals surface area contributed by atoms with Crippen molar-refractivity contribution >= 4 is 15.9 Å². The molecule has 0 aliphatic rings. The summed E-state index contributed by atoms with van der Waals surface area (Å²) in [7, 11) is 0. The molecule has 20 heavy (non-hydrogen) atoms. The third-order valence-electron chi connectivity index (χ3n) is 3.12. The molecule has 0 saturated carbocycles. The van der Waals surface area contributed by atoms with Crippen LogP contribution >= 0.6 is 15.9 Å². The second-order valence-corrected chi connectivity index (χ2v) is 5.49. The molecule has 2 aromatic rings. The van der Waals surface area contributed by atoms with Gasteiger partial charge in [0.25, 0.3) is 0 Å². The molecule has 2 nitrogen and oxygen atoms in total. The van der Waals surface area contributed by atoms with Crippen molar-refractivity contribution in [2.24, 2.45) is 5.84 Å². The van der Waals surface area contributed by atoms with Gasteiger partial charge in [-0.15, -0.1) is 0 Å². The van der Waals surface area contributed by atoms with Crippen LogP contribution in [0.3, 0.4) is 0 Å². The molecule has 1 atom stereocenters. The summed E-state index contributed by atoms with van der Waals surface area (Å²) in [6.07, 6.45) is 0.456. The fraction of sp³-hybridized carbons (Fsp3) is 0.200. The molecule has 0 amide bonds. The van der Waals surface area contributed by atoms with Gasteiger partial charge in [-0.05, 0) is 64.2 Å². The van der Waals surface area contributed by atoms with Gasteiger partial charge in [0.1, 0.15) is 11.6 Å². The molecule has 0 aromatic heterocycles. The Morgan fingerprint density at radius 1 is 1.25 bits per heavy atom. The van der Waals surface area contributed by atoms with E-state index < -0.39 is 0 Å². The van der Waals surface area contributed by atoms with Crippen LogP contribution in [0.15, 0.2) is 40.9 Å². The lowest BCUT2D eigenvalue weighted by Gasteiger charge is -2.18. The van der Waals surface area contributed by atoms with E-state index in [-0.39, 0.29) is 17.7 Å². The van der Waals surface area contributed by atoms with Gasteiger partial charge in [-0.3, -0.25) is 11.3 Å². The number of nitrogens with one attached hydrogen (secondary N) is 1. The van der Waals surface area contributed by atoms with Crippen molar-refractivity contribution in [3.63, 3.8) is 0 Å². The molecular formula is C15H15BrF2N2. The number of benzene rings is 2. The number of halogens is 3. The zero-order valence-corrected chi connectivity index (χ0v) is 12.5. The van der Waals surface area contributed by atoms with Crippen molar-refractivity contribution in [1.29, 1.82) is 0 Å². The first-order valence-electron chi connectivity index (χ1n) is 6.17. The van der Waals surface area contributed by atoms with Gasteiger partial charge in [0.15, 0.2) is 0 Å². The summed E-state index contributed by atoms with van der Waals surface area (Å²) in [4.78, 5) is 0. The summed E-state index contributed by atoms with van der Waals surface area (Å²) in [5.74, 6) is 4.93. The van der Waals surface area contributed by atoms with Crippen molar-refractivity contribution in [3.8, 4) is 0 Å². The minimum Gasteiger partial charge on any atom is -0.271 e. The lowest BCUT2D eigenvalue weighted by Crippen LogP contribution is -2.29. The normalized spacial score (nSPS) is 12.4. The third kappa shape index (κ3) is 3.42. The van der Waals surface area contributed by atoms with Gasteiger partial charge in [-0.1, -0.05) is 18.2 Å². The lowest BCUT2D eigenvalue weighted by molar-refractivity contribution is 0.539. The van der Waals surface area contributed by atoms with Gasteiger partial charge in [0.05, 0.1) is 10.5 Å². The second-order valence-electron chi connectivity index (χ2n) is 4.70. The van der Waals surface area contributed by atoms with Gasteiger partial charge in [0, 0.05) is 0 Å². The van der Waals surface area contributed by atoms with E-state index >= 15 is 0 Å². The van der Waals surface area contributed by atoms with Gasteiger partial charge < -0.3 is 0 Å². The van der Waals surface area contributed by atoms with Crippen LogP contribution in [0.1, 0.15) is 22.7 Å². The third-order valence-corrected chi connectivity index (χ3v) is 4.01. The van der Waals surface area contributed by atoms with Crippen LogP contribution < -0.4 is 11.3 Å². The monoisotopic (exact) mass is 340 g/mol. The summed E-state index contributed by atoms with van der Waals surface area (Å²) in [6, 6.07) is 9.29. The molecule has 3 N–H and O–H groups in total. The lowest BCUT2D eigenvalue weighted by atomic mass is 9.98. The van der Waals surface area contributed by atoms with Crippen LogP contribution in [0.25, 0.3) is 0 Å². The van der Waals surface area contributed by atoms with E-state index in [1.165, 1.54) is 18.2 Å². The van der Waals surface area contributed by atoms with E-state index in [0.717, 1.165) is 16.7 Å². The average molecular weight is 341 g/mol. The van der Waals surface area contributed by atoms with E-state index in [4.69, 9.17) is 5.84 Å². The molecule has 0 aliphatic carbocycles. The summed E-state index contributed by atoms with van der Waals surface area (Å²) >= 11 is 3.22. The zero-order chi connectivity index (χ0) is 14.7. The molecule has 2 rings (SSSR count). The minimum atomic E-state index is -0.325. The molecular weight excluding hydrogens is 326 g/mol. The Morgan fingerprint density at radius 2 is 2.00 bits per heavy atom. The maximum absolute atomic E-state index is 13.5. The number of hydrazine groups is 1. The topological polar surface area (TPSA) is 38.0 Å². The predicted molar refractivity (Wildman–Crippen MR) is 79.0 cm³/mol. The van der Waals surface area contributed by atoms with Crippen LogP contribution in [0.2, 0.25) is 0 Å². The first-order valence-corrected chi connectivity index (χ1v) is 6.96. The first-order chi connectivity index (χ1) is 9.51. The minimum absolute atomic E-state index is 0.289. The molecule has 0 fully saturated rings. The van der Waals surface area contributed by atoms with Crippen LogP contribution in [0.5, 0.6) is 0 Å². The van der Waals surface area contributed by atoms with Crippen molar-refractivity contribution in [3.05, 3.63) is 69.2 Å². The molecule has 0 saturated heterocycles. The Morgan fingerprint density at radius 3 is 2.65 bits per heavy atom. The standard InChI is InChI=1S/C15H15BrF2N2/c1-9-5-11(7-12(17)6-9)14(20-19)8-10-3-2-4-13(18)15(10)16/h2-7,14,20H,8,19H2,1H3. The highest BCUT2D eigenvalue weighted by atomic mass is 79.9. The molecule has 2 aromatic carbocycles. The molecule has 0 aliphatic heterocycles. The van der Waals surface area contributed by atoms with Crippen molar-refractivity contribution in [2.45, 2.75) is 19.4 Å². The van der Waals surface area contributed by atoms with Gasteiger partial charge in [-0.2, -0.15) is 0 Å². The maximum atomic E-state index is 13.5. The number of hydrogen-bond acceptors (Lipinski definition) is 2. The summed E-state index contributed by atoms with van der Waals surface area (Å²) in [5, 5.41) is 0. The van der Waals surface area contributed by atoms with E-state index in [0.29, 0.717) is 10.9 Å². The zero-order valence-electron chi connectivity index (χ0n) is 11.0. The van der Waals surface area contributed by atoms with Crippen LogP contribution in [0.4, 0.5) is 8.78 Å². The van der Waals surface area contributed by atoms with E-state index in [2.05, 4.69) is 21.4 Å². The highest BCUT2D eigenvalue weighted by Gasteiger charge is 2.15. The highest BCUT2D eigenvalue weighted by molar-refractivity contribution is 9.10. The van der Waals surface area contributed by atoms with E-state index in [1.54, 1.807) is 6.07 Å². The van der Waals surface area contributed by atoms with E-state index in [1.807, 2.05) is 19.1 Å². The molecule has 0 radical (unpaired) electrons. The Kier molecular flexibility index (Phi) is 4.86. The number of aryl methyl sites for hydroxylation is 1. The SMILES string of the molecule is Cc1cc(F)cc(C(Cc2cccc(F)c2Br)NN)c1. The second kappa shape index (κ2) is 6.43. The molecule has 5 heteroatoms. The van der Waals surface area contributed by atoms with Crippen molar-refractivity contribution < 1.29 is 8.78 Å². The van der Waals surface area contributed by atoms with Gasteiger partial charge in [0.2, 0.25) is 0 Å². The smallest absolute Gasteiger partial charge is 0.137 e. The molecule has 1 unspecified atom stereocenters. The number of nitrogens with two attached hydrogens (primary N) is 1. The van der Waals surface area contributed by atoms with Crippen LogP contribution in [-0.2, 0) is 6.42 Å². The summed E-state index contributed by atoms with van der Waals surface area (Å²) in [6.45, 7) is 1.82. The summed E-state index contributed by atoms with van der Waals surface area (Å²) < 4.78 is 27.4. The largest absolute Gasteiger partial charge is 0.271 e. The Labute approximate surface area is 125 Å². The molecule has 0 bridgehead atoms. The molecule has 0 heterocycles. The Balaban J connectivity index is 2.31. The number of hydrogen-bond donors (Lipinski definition) is 2. The van der Waals surface area contributed by atoms with Gasteiger partial charge >= 0.3 is 0 Å². The summed E-state index contributed by atoms with van der Waals surface area (Å²) in [5.41, 5.74) is 4.99. The fourth-order valence-corrected chi connectivity index (χ4v) is 2.59. The Bertz CT molecular complexity index is 597. The fourth-order valence-electron chi connectivity index (χ4n) is 2.16. The van der Waals surface area contributed by atoms with Crippen molar-refractivity contribution in [2.75, 3.05) is 0 Å². The van der Waals surface area contributed by atoms with Crippen LogP contribution in [-0.4, -0.2) is 0 Å². The van der Waals surface area contributed by atoms with E-state index in [9.17, 15) is 8.78 Å². The van der Waals surface area contributed by atoms with Crippen LogP contribution in [0, 0.1) is 18.6 Å². The Hall–Kier alpha value is -1.30. The molecule has 106 valence electrons. The maximum Gasteiger partial charge on any atom is 0.137 e. The van der Waals surface area contributed by atoms with Gasteiger partial charge in [-0.25, -0.2) is 8.78 Å². The predicted octanol–water partition coefficient (Wildman–Crippen LogP) is 3.78. The first kappa shape index (κ1) is 15.1. The highest BCUT2D eigenvalue weighted by Crippen LogP contribution is 2.26.